The van der Waals surface area contributed by atoms with E-state index in [0.29, 0.717) is 6.04 Å². The van der Waals surface area contributed by atoms with Crippen LogP contribution in [0, 0.1) is 0 Å². The van der Waals surface area contributed by atoms with Gasteiger partial charge >= 0.3 is 0 Å². The Morgan fingerprint density at radius 3 is 2.79 bits per heavy atom. The molecule has 3 heteroatoms. The molecule has 1 unspecified atom stereocenters. The molecule has 1 aliphatic rings. The maximum Gasteiger partial charge on any atom is 0.0955 e. The molecule has 1 fully saturated rings. The van der Waals surface area contributed by atoms with E-state index in [1.54, 1.807) is 0 Å². The normalized spacial score (nSPS) is 22.9. The maximum atomic E-state index is 4.47. The Labute approximate surface area is 85.5 Å². The first-order chi connectivity index (χ1) is 6.57. The fourth-order valence-electron chi connectivity index (χ4n) is 1.82. The molecule has 2 rings (SSSR count). The van der Waals surface area contributed by atoms with Crippen molar-refractivity contribution in [1.29, 1.82) is 0 Å². The Bertz CT molecular complexity index is 303. The van der Waals surface area contributed by atoms with Crippen LogP contribution in [0.25, 0.3) is 0 Å². The highest BCUT2D eigenvalue weighted by Gasteiger charge is 2.20. The van der Waals surface area contributed by atoms with Gasteiger partial charge in [0.2, 0.25) is 0 Å². The number of hydrogen-bond acceptors (Lipinski definition) is 2. The largest absolute Gasteiger partial charge is 0.332 e. The summed E-state index contributed by atoms with van der Waals surface area (Å²) in [5.41, 5.74) is 1.33. The maximum absolute atomic E-state index is 4.47. The van der Waals surface area contributed by atoms with Gasteiger partial charge in [0.25, 0.3) is 0 Å². The number of imidazole rings is 1. The molecule has 1 atom stereocenters. The lowest BCUT2D eigenvalue weighted by atomic mass is 10.1. The van der Waals surface area contributed by atoms with Crippen molar-refractivity contribution in [1.82, 2.24) is 14.9 Å². The van der Waals surface area contributed by atoms with Crippen LogP contribution in [0.1, 0.15) is 45.3 Å². The van der Waals surface area contributed by atoms with Crippen molar-refractivity contribution in [3.8, 4) is 0 Å². The third-order valence-electron chi connectivity index (χ3n) is 2.79. The van der Waals surface area contributed by atoms with Crippen LogP contribution < -0.4 is 5.32 Å². The molecule has 0 spiro atoms. The summed E-state index contributed by atoms with van der Waals surface area (Å²) in [5, 5.41) is 3.46. The van der Waals surface area contributed by atoms with E-state index < -0.39 is 0 Å². The fraction of sp³-hybridized carbons (Fsp3) is 0.727. The topological polar surface area (TPSA) is 29.9 Å². The third-order valence-corrected chi connectivity index (χ3v) is 2.79. The summed E-state index contributed by atoms with van der Waals surface area (Å²) >= 11 is 0. The zero-order valence-corrected chi connectivity index (χ0v) is 9.25. The molecule has 2 heterocycles. The number of nitrogens with zero attached hydrogens (tertiary/aromatic N) is 2. The van der Waals surface area contributed by atoms with Gasteiger partial charge in [-0.2, -0.15) is 0 Å². The standard InChI is InChI=1S/C11H19N3/c1-11(2,3)14-7-10(13-8-14)9-5-4-6-12-9/h7-9,12H,4-6H2,1-3H3. The number of hydrogen-bond donors (Lipinski definition) is 1. The van der Waals surface area contributed by atoms with Crippen LogP contribution in [0.4, 0.5) is 0 Å². The fourth-order valence-corrected chi connectivity index (χ4v) is 1.82. The summed E-state index contributed by atoms with van der Waals surface area (Å²) in [4.78, 5) is 4.47. The molecule has 0 saturated carbocycles. The van der Waals surface area contributed by atoms with Crippen LogP contribution in [-0.2, 0) is 5.54 Å². The second kappa shape index (κ2) is 3.39. The Morgan fingerprint density at radius 2 is 2.29 bits per heavy atom. The summed E-state index contributed by atoms with van der Waals surface area (Å²) in [5.74, 6) is 0. The van der Waals surface area contributed by atoms with Gasteiger partial charge in [0.15, 0.2) is 0 Å². The van der Waals surface area contributed by atoms with Crippen LogP contribution in [0.3, 0.4) is 0 Å². The minimum Gasteiger partial charge on any atom is -0.332 e. The highest BCUT2D eigenvalue weighted by Crippen LogP contribution is 2.23. The van der Waals surface area contributed by atoms with E-state index in [9.17, 15) is 0 Å². The van der Waals surface area contributed by atoms with Crippen molar-refractivity contribution in [2.24, 2.45) is 0 Å². The number of rotatable bonds is 1. The lowest BCUT2D eigenvalue weighted by Crippen LogP contribution is -2.20. The molecule has 0 bridgehead atoms. The Balaban J connectivity index is 2.17. The van der Waals surface area contributed by atoms with Crippen molar-refractivity contribution in [3.05, 3.63) is 18.2 Å². The molecule has 1 aromatic heterocycles. The molecule has 78 valence electrons. The van der Waals surface area contributed by atoms with Gasteiger partial charge in [0, 0.05) is 11.7 Å². The summed E-state index contributed by atoms with van der Waals surface area (Å²) in [7, 11) is 0. The number of aromatic nitrogens is 2. The average molecular weight is 193 g/mol. The smallest absolute Gasteiger partial charge is 0.0955 e. The van der Waals surface area contributed by atoms with Gasteiger partial charge in [0.1, 0.15) is 0 Å². The highest BCUT2D eigenvalue weighted by molar-refractivity contribution is 5.07. The van der Waals surface area contributed by atoms with E-state index >= 15 is 0 Å². The Hall–Kier alpha value is -0.830. The van der Waals surface area contributed by atoms with Gasteiger partial charge in [-0.15, -0.1) is 0 Å². The van der Waals surface area contributed by atoms with Crippen molar-refractivity contribution >= 4 is 0 Å². The molecular weight excluding hydrogens is 174 g/mol. The van der Waals surface area contributed by atoms with Gasteiger partial charge in [-0.3, -0.25) is 0 Å². The molecule has 0 amide bonds. The van der Waals surface area contributed by atoms with E-state index in [4.69, 9.17) is 0 Å². The predicted molar refractivity (Wildman–Crippen MR) is 57.2 cm³/mol. The van der Waals surface area contributed by atoms with Crippen LogP contribution in [0.5, 0.6) is 0 Å². The molecule has 1 saturated heterocycles. The lowest BCUT2D eigenvalue weighted by Gasteiger charge is -2.20. The third kappa shape index (κ3) is 1.82. The minimum atomic E-state index is 0.143. The summed E-state index contributed by atoms with van der Waals surface area (Å²) in [6.07, 6.45) is 6.60. The predicted octanol–water partition coefficient (Wildman–Crippen LogP) is 2.06. The van der Waals surface area contributed by atoms with Crippen molar-refractivity contribution in [3.63, 3.8) is 0 Å². The highest BCUT2D eigenvalue weighted by atomic mass is 15.1. The van der Waals surface area contributed by atoms with E-state index in [0.717, 1.165) is 6.54 Å². The van der Waals surface area contributed by atoms with E-state index in [-0.39, 0.29) is 5.54 Å². The SMILES string of the molecule is CC(C)(C)n1cnc(C2CCCN2)c1. The van der Waals surface area contributed by atoms with Crippen LogP contribution in [-0.4, -0.2) is 16.1 Å². The van der Waals surface area contributed by atoms with Crippen LogP contribution >= 0.6 is 0 Å². The van der Waals surface area contributed by atoms with Crippen molar-refractivity contribution in [2.75, 3.05) is 6.54 Å². The monoisotopic (exact) mass is 193 g/mol. The van der Waals surface area contributed by atoms with E-state index in [1.807, 2.05) is 6.33 Å². The molecule has 1 aromatic rings. The van der Waals surface area contributed by atoms with Gasteiger partial charge in [-0.25, -0.2) is 4.98 Å². The Kier molecular flexibility index (Phi) is 2.35. The molecular formula is C11H19N3. The first-order valence-corrected chi connectivity index (χ1v) is 5.35. The van der Waals surface area contributed by atoms with Gasteiger partial charge in [0.05, 0.1) is 18.1 Å². The van der Waals surface area contributed by atoms with Gasteiger partial charge in [-0.1, -0.05) is 0 Å². The van der Waals surface area contributed by atoms with Crippen LogP contribution in [0.2, 0.25) is 0 Å². The van der Waals surface area contributed by atoms with Crippen LogP contribution in [0.15, 0.2) is 12.5 Å². The summed E-state index contributed by atoms with van der Waals surface area (Å²) in [6.45, 7) is 7.72. The first-order valence-electron chi connectivity index (χ1n) is 5.35. The summed E-state index contributed by atoms with van der Waals surface area (Å²) in [6, 6.07) is 0.485. The number of nitrogens with one attached hydrogen (secondary N) is 1. The molecule has 14 heavy (non-hydrogen) atoms. The molecule has 0 aliphatic carbocycles. The zero-order valence-electron chi connectivity index (χ0n) is 9.25. The lowest BCUT2D eigenvalue weighted by molar-refractivity contribution is 0.395. The molecule has 1 N–H and O–H groups in total. The second-order valence-electron chi connectivity index (χ2n) is 5.03. The second-order valence-corrected chi connectivity index (χ2v) is 5.03. The first kappa shape index (κ1) is 9.71. The average Bonchev–Trinajstić information content (AvgIpc) is 2.73. The molecule has 0 radical (unpaired) electrons. The van der Waals surface area contributed by atoms with E-state index in [2.05, 4.69) is 41.8 Å². The van der Waals surface area contributed by atoms with Crippen molar-refractivity contribution < 1.29 is 0 Å². The minimum absolute atomic E-state index is 0.143. The zero-order chi connectivity index (χ0) is 10.2. The quantitative estimate of drug-likeness (QED) is 0.740. The van der Waals surface area contributed by atoms with Gasteiger partial charge < -0.3 is 9.88 Å². The molecule has 3 nitrogen and oxygen atoms in total. The molecule has 0 aromatic carbocycles. The van der Waals surface area contributed by atoms with Crippen molar-refractivity contribution in [2.45, 2.75) is 45.2 Å². The van der Waals surface area contributed by atoms with Gasteiger partial charge in [-0.05, 0) is 40.2 Å². The Morgan fingerprint density at radius 1 is 1.50 bits per heavy atom. The summed E-state index contributed by atoms with van der Waals surface area (Å²) < 4.78 is 2.18. The van der Waals surface area contributed by atoms with E-state index in [1.165, 1.54) is 18.5 Å². The molecule has 1 aliphatic heterocycles.